The molecule has 1 N–H and O–H groups in total. The van der Waals surface area contributed by atoms with Crippen molar-refractivity contribution in [3.63, 3.8) is 0 Å². The summed E-state index contributed by atoms with van der Waals surface area (Å²) in [6, 6.07) is 8.73. The minimum atomic E-state index is -0.105. The van der Waals surface area contributed by atoms with Crippen LogP contribution in [0.25, 0.3) is 0 Å². The molecule has 2 rings (SSSR count). The Morgan fingerprint density at radius 1 is 1.40 bits per heavy atom. The van der Waals surface area contributed by atoms with Crippen LogP contribution >= 0.6 is 0 Å². The lowest BCUT2D eigenvalue weighted by Gasteiger charge is -2.06. The molecule has 7 heteroatoms. The van der Waals surface area contributed by atoms with Gasteiger partial charge in [-0.2, -0.15) is 10.4 Å². The number of aromatic nitrogens is 3. The zero-order valence-electron chi connectivity index (χ0n) is 10.7. The van der Waals surface area contributed by atoms with Crippen molar-refractivity contribution in [2.24, 2.45) is 0 Å². The van der Waals surface area contributed by atoms with Crippen molar-refractivity contribution in [2.45, 2.75) is 13.0 Å². The fraction of sp³-hybridized carbons (Fsp3) is 0.231. The Hall–Kier alpha value is -2.88. The van der Waals surface area contributed by atoms with Crippen LogP contribution in [0.3, 0.4) is 0 Å². The number of benzene rings is 1. The zero-order valence-corrected chi connectivity index (χ0v) is 10.7. The Morgan fingerprint density at radius 2 is 2.20 bits per heavy atom. The van der Waals surface area contributed by atoms with E-state index < -0.39 is 0 Å². The van der Waals surface area contributed by atoms with Gasteiger partial charge in [-0.05, 0) is 24.3 Å². The molecule has 0 atom stereocenters. The van der Waals surface area contributed by atoms with Crippen LogP contribution in [0.4, 0.5) is 5.69 Å². The topological polar surface area (TPSA) is 92.8 Å². The molecular formula is C13H13N5O2. The van der Waals surface area contributed by atoms with E-state index in [1.165, 1.54) is 6.33 Å². The lowest BCUT2D eigenvalue weighted by Crippen LogP contribution is -2.14. The number of nitrogens with one attached hydrogen (secondary N) is 1. The average Bonchev–Trinajstić information content (AvgIpc) is 2.98. The number of anilines is 1. The molecule has 1 aromatic heterocycles. The van der Waals surface area contributed by atoms with Crippen molar-refractivity contribution in [3.05, 3.63) is 36.9 Å². The van der Waals surface area contributed by atoms with E-state index in [1.807, 2.05) is 6.07 Å². The summed E-state index contributed by atoms with van der Waals surface area (Å²) in [5, 5.41) is 15.1. The van der Waals surface area contributed by atoms with Crippen LogP contribution in [-0.2, 0) is 11.3 Å². The first kappa shape index (κ1) is 13.5. The van der Waals surface area contributed by atoms with Crippen LogP contribution in [0.1, 0.15) is 6.42 Å². The molecule has 0 saturated carbocycles. The van der Waals surface area contributed by atoms with Gasteiger partial charge < -0.3 is 10.1 Å². The average molecular weight is 271 g/mol. The Labute approximate surface area is 115 Å². The molecule has 2 aromatic rings. The van der Waals surface area contributed by atoms with E-state index in [0.717, 1.165) is 0 Å². The Balaban J connectivity index is 1.80. The van der Waals surface area contributed by atoms with Crippen LogP contribution in [0, 0.1) is 11.3 Å². The SMILES string of the molecule is N#CCOc1ccc(NC(=O)CCn2cncn2)cc1. The molecule has 0 unspecified atom stereocenters. The molecule has 0 spiro atoms. The molecule has 20 heavy (non-hydrogen) atoms. The van der Waals surface area contributed by atoms with Gasteiger partial charge in [0.2, 0.25) is 5.91 Å². The highest BCUT2D eigenvalue weighted by molar-refractivity contribution is 5.90. The molecule has 0 saturated heterocycles. The van der Waals surface area contributed by atoms with Crippen LogP contribution in [0.2, 0.25) is 0 Å². The second-order valence-electron chi connectivity index (χ2n) is 3.93. The molecule has 0 radical (unpaired) electrons. The summed E-state index contributed by atoms with van der Waals surface area (Å²) in [7, 11) is 0. The highest BCUT2D eigenvalue weighted by atomic mass is 16.5. The van der Waals surface area contributed by atoms with Crippen molar-refractivity contribution in [3.8, 4) is 11.8 Å². The quantitative estimate of drug-likeness (QED) is 0.852. The predicted molar refractivity (Wildman–Crippen MR) is 70.8 cm³/mol. The zero-order chi connectivity index (χ0) is 14.2. The molecule has 0 fully saturated rings. The van der Waals surface area contributed by atoms with E-state index in [4.69, 9.17) is 10.00 Å². The van der Waals surface area contributed by atoms with Crippen molar-refractivity contribution < 1.29 is 9.53 Å². The van der Waals surface area contributed by atoms with Gasteiger partial charge in [0.15, 0.2) is 6.61 Å². The van der Waals surface area contributed by atoms with E-state index in [1.54, 1.807) is 35.3 Å². The van der Waals surface area contributed by atoms with E-state index in [9.17, 15) is 4.79 Å². The molecule has 7 nitrogen and oxygen atoms in total. The summed E-state index contributed by atoms with van der Waals surface area (Å²) >= 11 is 0. The first-order valence-electron chi connectivity index (χ1n) is 6.00. The number of carbonyl (C=O) groups is 1. The Morgan fingerprint density at radius 3 is 2.85 bits per heavy atom. The second kappa shape index (κ2) is 6.89. The number of amides is 1. The number of nitrogens with zero attached hydrogens (tertiary/aromatic N) is 4. The smallest absolute Gasteiger partial charge is 0.226 e. The molecule has 1 amide bonds. The summed E-state index contributed by atoms with van der Waals surface area (Å²) < 4.78 is 6.71. The third kappa shape index (κ3) is 4.10. The first-order chi connectivity index (χ1) is 9.78. The maximum Gasteiger partial charge on any atom is 0.226 e. The Kier molecular flexibility index (Phi) is 4.67. The first-order valence-corrected chi connectivity index (χ1v) is 6.00. The van der Waals surface area contributed by atoms with Crippen LogP contribution in [0.5, 0.6) is 5.75 Å². The third-order valence-corrected chi connectivity index (χ3v) is 2.48. The molecule has 1 heterocycles. The van der Waals surface area contributed by atoms with Gasteiger partial charge in [0, 0.05) is 12.1 Å². The summed E-state index contributed by atoms with van der Waals surface area (Å²) in [4.78, 5) is 15.5. The molecule has 0 aliphatic rings. The minimum absolute atomic E-state index is 0.00358. The monoisotopic (exact) mass is 271 g/mol. The molecule has 102 valence electrons. The second-order valence-corrected chi connectivity index (χ2v) is 3.93. The van der Waals surface area contributed by atoms with Gasteiger partial charge in [-0.3, -0.25) is 9.48 Å². The van der Waals surface area contributed by atoms with Gasteiger partial charge in [-0.25, -0.2) is 4.98 Å². The molecule has 0 aliphatic carbocycles. The van der Waals surface area contributed by atoms with Crippen molar-refractivity contribution >= 4 is 11.6 Å². The van der Waals surface area contributed by atoms with Crippen molar-refractivity contribution in [1.82, 2.24) is 14.8 Å². The number of hydrogen-bond acceptors (Lipinski definition) is 5. The highest BCUT2D eigenvalue weighted by Crippen LogP contribution is 2.15. The molecule has 1 aromatic carbocycles. The van der Waals surface area contributed by atoms with Crippen LogP contribution in [-0.4, -0.2) is 27.3 Å². The van der Waals surface area contributed by atoms with E-state index in [-0.39, 0.29) is 12.5 Å². The summed E-state index contributed by atoms with van der Waals surface area (Å²) in [5.74, 6) is 0.485. The lowest BCUT2D eigenvalue weighted by molar-refractivity contribution is -0.116. The third-order valence-electron chi connectivity index (χ3n) is 2.48. The van der Waals surface area contributed by atoms with Gasteiger partial charge in [0.1, 0.15) is 24.5 Å². The number of ether oxygens (including phenoxy) is 1. The van der Waals surface area contributed by atoms with Gasteiger partial charge >= 0.3 is 0 Å². The predicted octanol–water partition coefficient (Wildman–Crippen LogP) is 1.21. The van der Waals surface area contributed by atoms with Gasteiger partial charge in [0.25, 0.3) is 0 Å². The lowest BCUT2D eigenvalue weighted by atomic mass is 10.3. The molecule has 0 aliphatic heterocycles. The molecule has 0 bridgehead atoms. The summed E-state index contributed by atoms with van der Waals surface area (Å²) in [6.45, 7) is 0.485. The van der Waals surface area contributed by atoms with Crippen molar-refractivity contribution in [2.75, 3.05) is 11.9 Å². The van der Waals surface area contributed by atoms with Gasteiger partial charge in [-0.1, -0.05) is 0 Å². The standard InChI is InChI=1S/C13H13N5O2/c14-6-8-20-12-3-1-11(2-4-12)17-13(19)5-7-18-10-15-9-16-18/h1-4,9-10H,5,7-8H2,(H,17,19). The highest BCUT2D eigenvalue weighted by Gasteiger charge is 2.03. The van der Waals surface area contributed by atoms with Gasteiger partial charge in [-0.15, -0.1) is 0 Å². The summed E-state index contributed by atoms with van der Waals surface area (Å²) in [5.41, 5.74) is 0.679. The van der Waals surface area contributed by atoms with Crippen LogP contribution in [0.15, 0.2) is 36.9 Å². The molecular weight excluding hydrogens is 258 g/mol. The maximum atomic E-state index is 11.7. The van der Waals surface area contributed by atoms with Crippen LogP contribution < -0.4 is 10.1 Å². The maximum absolute atomic E-state index is 11.7. The minimum Gasteiger partial charge on any atom is -0.479 e. The number of aryl methyl sites for hydroxylation is 1. The normalized spacial score (nSPS) is 9.75. The largest absolute Gasteiger partial charge is 0.479 e. The number of hydrogen-bond donors (Lipinski definition) is 1. The summed E-state index contributed by atoms with van der Waals surface area (Å²) in [6.07, 6.45) is 3.31. The fourth-order valence-corrected chi connectivity index (χ4v) is 1.54. The van der Waals surface area contributed by atoms with Gasteiger partial charge in [0.05, 0.1) is 6.54 Å². The number of nitriles is 1. The van der Waals surface area contributed by atoms with E-state index in [0.29, 0.717) is 24.4 Å². The fourth-order valence-electron chi connectivity index (χ4n) is 1.54. The van der Waals surface area contributed by atoms with E-state index in [2.05, 4.69) is 15.4 Å². The van der Waals surface area contributed by atoms with E-state index >= 15 is 0 Å². The number of carbonyl (C=O) groups excluding carboxylic acids is 1. The Bertz CT molecular complexity index is 586. The number of rotatable bonds is 6. The van der Waals surface area contributed by atoms with Crippen molar-refractivity contribution in [1.29, 1.82) is 5.26 Å².